The Hall–Kier alpha value is -2.20. The highest BCUT2D eigenvalue weighted by Gasteiger charge is 2.20. The molecule has 0 saturated carbocycles. The summed E-state index contributed by atoms with van der Waals surface area (Å²) in [6.07, 6.45) is 0. The summed E-state index contributed by atoms with van der Waals surface area (Å²) in [6, 6.07) is 18.5. The number of nitrogens with two attached hydrogens (primary N) is 1. The lowest BCUT2D eigenvalue weighted by Gasteiger charge is -2.24. The second-order valence-electron chi connectivity index (χ2n) is 4.92. The molecule has 0 aromatic heterocycles. The van der Waals surface area contributed by atoms with Crippen molar-refractivity contribution in [3.8, 4) is 0 Å². The molecule has 0 amide bonds. The van der Waals surface area contributed by atoms with E-state index in [1.165, 1.54) is 11.3 Å². The van der Waals surface area contributed by atoms with Crippen LogP contribution in [0, 0.1) is 5.41 Å². The third-order valence-corrected chi connectivity index (χ3v) is 3.65. The predicted molar refractivity (Wildman–Crippen MR) is 90.4 cm³/mol. The third-order valence-electron chi connectivity index (χ3n) is 3.65. The quantitative estimate of drug-likeness (QED) is 0.629. The van der Waals surface area contributed by atoms with Crippen LogP contribution in [0.25, 0.3) is 0 Å². The minimum Gasteiger partial charge on any atom is -0.370 e. The first kappa shape index (κ1) is 15.2. The first-order valence-corrected chi connectivity index (χ1v) is 6.75. The lowest BCUT2D eigenvalue weighted by molar-refractivity contribution is 0.811. The zero-order valence-corrected chi connectivity index (χ0v) is 12.5. The molecule has 2 aromatic carbocycles. The number of hydrogen-bond donors (Lipinski definition) is 2. The van der Waals surface area contributed by atoms with Gasteiger partial charge in [-0.05, 0) is 23.8 Å². The molecule has 1 aliphatic heterocycles. The van der Waals surface area contributed by atoms with Gasteiger partial charge in [0.05, 0.1) is 0 Å². The summed E-state index contributed by atoms with van der Waals surface area (Å²) < 4.78 is 0. The van der Waals surface area contributed by atoms with E-state index in [0.29, 0.717) is 0 Å². The highest BCUT2D eigenvalue weighted by atomic mass is 35.5. The number of fused-ring (bicyclic) bond motifs is 1. The van der Waals surface area contributed by atoms with E-state index in [1.807, 2.05) is 29.2 Å². The van der Waals surface area contributed by atoms with Crippen LogP contribution in [0.4, 0.5) is 11.4 Å². The number of nitrogens with zero attached hydrogens (tertiary/aromatic N) is 2. The Morgan fingerprint density at radius 2 is 1.62 bits per heavy atom. The number of para-hydroxylation sites is 2. The molecule has 1 aliphatic rings. The molecule has 1 heterocycles. The molecule has 0 atom stereocenters. The summed E-state index contributed by atoms with van der Waals surface area (Å²) in [6.45, 7) is 2.41. The van der Waals surface area contributed by atoms with E-state index in [-0.39, 0.29) is 18.4 Å². The first-order valence-electron chi connectivity index (χ1n) is 6.75. The van der Waals surface area contributed by atoms with E-state index in [4.69, 9.17) is 11.1 Å². The zero-order valence-electron chi connectivity index (χ0n) is 11.7. The number of halogens is 1. The van der Waals surface area contributed by atoms with Crippen LogP contribution in [0.5, 0.6) is 0 Å². The molecule has 4 nitrogen and oxygen atoms in total. The molecular weight excluding hydrogens is 284 g/mol. The van der Waals surface area contributed by atoms with Crippen molar-refractivity contribution in [2.24, 2.45) is 5.73 Å². The molecule has 0 fully saturated rings. The van der Waals surface area contributed by atoms with Crippen molar-refractivity contribution >= 4 is 29.7 Å². The van der Waals surface area contributed by atoms with Crippen LogP contribution >= 0.6 is 12.4 Å². The van der Waals surface area contributed by atoms with E-state index < -0.39 is 0 Å². The molecule has 0 bridgehead atoms. The molecule has 0 saturated heterocycles. The maximum Gasteiger partial charge on any atom is 0.193 e. The van der Waals surface area contributed by atoms with Crippen molar-refractivity contribution in [3.63, 3.8) is 0 Å². The molecular formula is C16H19ClN4. The van der Waals surface area contributed by atoms with Gasteiger partial charge in [-0.3, -0.25) is 5.41 Å². The number of nitrogens with one attached hydrogen (secondary N) is 1. The van der Waals surface area contributed by atoms with Crippen molar-refractivity contribution < 1.29 is 0 Å². The van der Waals surface area contributed by atoms with Gasteiger partial charge in [-0.1, -0.05) is 36.4 Å². The fourth-order valence-electron chi connectivity index (χ4n) is 2.64. The number of rotatable bonds is 1. The van der Waals surface area contributed by atoms with Crippen LogP contribution in [0.1, 0.15) is 5.56 Å². The van der Waals surface area contributed by atoms with E-state index >= 15 is 0 Å². The minimum absolute atomic E-state index is 0. The van der Waals surface area contributed by atoms with Gasteiger partial charge in [-0.2, -0.15) is 0 Å². The molecule has 2 aromatic rings. The molecule has 0 unspecified atom stereocenters. The molecule has 110 valence electrons. The van der Waals surface area contributed by atoms with Crippen LogP contribution < -0.4 is 15.5 Å². The van der Waals surface area contributed by atoms with Gasteiger partial charge in [0, 0.05) is 31.0 Å². The largest absolute Gasteiger partial charge is 0.370 e. The topological polar surface area (TPSA) is 56.4 Å². The van der Waals surface area contributed by atoms with Crippen LogP contribution in [0.15, 0.2) is 54.6 Å². The second-order valence-corrected chi connectivity index (χ2v) is 4.92. The maximum atomic E-state index is 7.77. The normalized spacial score (nSPS) is 13.9. The Morgan fingerprint density at radius 1 is 0.952 bits per heavy atom. The summed E-state index contributed by atoms with van der Waals surface area (Å²) >= 11 is 0. The number of benzene rings is 2. The fourth-order valence-corrected chi connectivity index (χ4v) is 2.64. The minimum atomic E-state index is 0. The molecule has 21 heavy (non-hydrogen) atoms. The molecule has 3 N–H and O–H groups in total. The van der Waals surface area contributed by atoms with E-state index in [9.17, 15) is 0 Å². The van der Waals surface area contributed by atoms with Crippen LogP contribution in [0.2, 0.25) is 0 Å². The van der Waals surface area contributed by atoms with Crippen molar-refractivity contribution in [2.45, 2.75) is 6.54 Å². The van der Waals surface area contributed by atoms with Gasteiger partial charge >= 0.3 is 0 Å². The van der Waals surface area contributed by atoms with Gasteiger partial charge in [-0.15, -0.1) is 12.4 Å². The maximum absolute atomic E-state index is 7.77. The number of guanidine groups is 1. The van der Waals surface area contributed by atoms with Crippen LogP contribution in [0.3, 0.4) is 0 Å². The van der Waals surface area contributed by atoms with Crippen molar-refractivity contribution in [1.82, 2.24) is 0 Å². The van der Waals surface area contributed by atoms with E-state index in [2.05, 4.69) is 35.2 Å². The van der Waals surface area contributed by atoms with Gasteiger partial charge in [0.25, 0.3) is 0 Å². The number of hydrogen-bond acceptors (Lipinski definition) is 2. The average Bonchev–Trinajstić information content (AvgIpc) is 2.67. The lowest BCUT2D eigenvalue weighted by Crippen LogP contribution is -2.40. The molecule has 0 radical (unpaired) electrons. The Kier molecular flexibility index (Phi) is 4.70. The van der Waals surface area contributed by atoms with Gasteiger partial charge in [0.1, 0.15) is 0 Å². The SMILES string of the molecule is Cl.N=C(N)N1CCN(c2ccccc2)Cc2ccccc21. The average molecular weight is 303 g/mol. The predicted octanol–water partition coefficient (Wildman–Crippen LogP) is 2.83. The van der Waals surface area contributed by atoms with Crippen molar-refractivity contribution in [1.29, 1.82) is 5.41 Å². The number of anilines is 2. The van der Waals surface area contributed by atoms with Gasteiger partial charge < -0.3 is 15.5 Å². The Bertz CT molecular complexity index is 615. The van der Waals surface area contributed by atoms with E-state index in [0.717, 1.165) is 25.3 Å². The van der Waals surface area contributed by atoms with E-state index in [1.54, 1.807) is 0 Å². The molecule has 3 rings (SSSR count). The van der Waals surface area contributed by atoms with Crippen LogP contribution in [-0.4, -0.2) is 19.0 Å². The second kappa shape index (κ2) is 6.50. The molecule has 0 spiro atoms. The summed E-state index contributed by atoms with van der Waals surface area (Å²) in [7, 11) is 0. The van der Waals surface area contributed by atoms with Gasteiger partial charge in [0.15, 0.2) is 5.96 Å². The van der Waals surface area contributed by atoms with Crippen LogP contribution in [-0.2, 0) is 6.54 Å². The lowest BCUT2D eigenvalue weighted by atomic mass is 10.1. The Balaban J connectivity index is 0.00000161. The first-order chi connectivity index (χ1) is 9.75. The summed E-state index contributed by atoms with van der Waals surface area (Å²) in [5.74, 6) is 0.104. The van der Waals surface area contributed by atoms with Crippen molar-refractivity contribution in [2.75, 3.05) is 22.9 Å². The molecule has 0 aliphatic carbocycles. The molecule has 5 heteroatoms. The monoisotopic (exact) mass is 302 g/mol. The Morgan fingerprint density at radius 3 is 2.33 bits per heavy atom. The Labute approximate surface area is 131 Å². The summed E-state index contributed by atoms with van der Waals surface area (Å²) in [5.41, 5.74) is 9.17. The standard InChI is InChI=1S/C16H18N4.ClH/c17-16(18)20-11-10-19(14-7-2-1-3-8-14)12-13-6-4-5-9-15(13)20;/h1-9H,10-12H2,(H3,17,18);1H. The third kappa shape index (κ3) is 3.11. The smallest absolute Gasteiger partial charge is 0.193 e. The van der Waals surface area contributed by atoms with Crippen molar-refractivity contribution in [3.05, 3.63) is 60.2 Å². The summed E-state index contributed by atoms with van der Waals surface area (Å²) in [5, 5.41) is 7.77. The van der Waals surface area contributed by atoms with Gasteiger partial charge in [0.2, 0.25) is 0 Å². The zero-order chi connectivity index (χ0) is 13.9. The highest BCUT2D eigenvalue weighted by molar-refractivity contribution is 5.93. The summed E-state index contributed by atoms with van der Waals surface area (Å²) in [4.78, 5) is 4.19. The fraction of sp³-hybridized carbons (Fsp3) is 0.188. The highest BCUT2D eigenvalue weighted by Crippen LogP contribution is 2.27. The van der Waals surface area contributed by atoms with Gasteiger partial charge in [-0.25, -0.2) is 0 Å².